The second kappa shape index (κ2) is 7.14. The second-order valence-corrected chi connectivity index (χ2v) is 8.23. The number of likely N-dealkylation sites (N-methyl/N-ethyl adjacent to an activating group) is 1. The lowest BCUT2D eigenvalue weighted by atomic mass is 9.92. The molecule has 1 amide bonds. The number of hydrogen-bond donors (Lipinski definition) is 3. The molecule has 4 heterocycles. The molecule has 0 bridgehead atoms. The maximum absolute atomic E-state index is 14.5. The molecule has 0 spiro atoms. The monoisotopic (exact) mass is 396 g/mol. The average molecular weight is 396 g/mol. The molecule has 8 heteroatoms. The standard InChI is InChI=1S/C21H25FN6O/c1-12-4-3-5-15(22)21(12)28-18(29)9-17-20(26-28)19(25-24-17)13-8-14-11-27(2)7-6-16(14)23-10-13/h3-5,8,10,17,19-20,24-26H,6-7,9,11H2,1-2H3. The fraction of sp³-hybridized carbons (Fsp3) is 0.429. The zero-order valence-electron chi connectivity index (χ0n) is 16.6. The summed E-state index contributed by atoms with van der Waals surface area (Å²) in [5.74, 6) is -0.558. The number of hydrogen-bond acceptors (Lipinski definition) is 6. The molecule has 1 aromatic heterocycles. The Labute approximate surface area is 169 Å². The SMILES string of the molecule is Cc1cccc(F)c1N1NC2C(CC1=O)NNC2c1cnc2c(c1)CN(C)CC2. The minimum Gasteiger partial charge on any atom is -0.302 e. The summed E-state index contributed by atoms with van der Waals surface area (Å²) in [6.45, 7) is 3.72. The Morgan fingerprint density at radius 1 is 1.28 bits per heavy atom. The highest BCUT2D eigenvalue weighted by atomic mass is 19.1. The Morgan fingerprint density at radius 2 is 2.14 bits per heavy atom. The van der Waals surface area contributed by atoms with Crippen LogP contribution in [0.15, 0.2) is 30.5 Å². The van der Waals surface area contributed by atoms with Gasteiger partial charge in [-0.25, -0.2) is 20.3 Å². The molecular formula is C21H25FN6O. The van der Waals surface area contributed by atoms with Gasteiger partial charge in [0.1, 0.15) is 5.82 Å². The Kier molecular flexibility index (Phi) is 4.59. The molecule has 0 saturated carbocycles. The second-order valence-electron chi connectivity index (χ2n) is 8.23. The first-order valence-corrected chi connectivity index (χ1v) is 10.0. The van der Waals surface area contributed by atoms with Crippen LogP contribution < -0.4 is 21.3 Å². The summed E-state index contributed by atoms with van der Waals surface area (Å²) < 4.78 is 14.5. The van der Waals surface area contributed by atoms with Crippen molar-refractivity contribution in [2.75, 3.05) is 18.6 Å². The lowest BCUT2D eigenvalue weighted by molar-refractivity contribution is -0.121. The Balaban J connectivity index is 1.45. The number of carbonyl (C=O) groups excluding carboxylic acids is 1. The molecule has 3 N–H and O–H groups in total. The average Bonchev–Trinajstić information content (AvgIpc) is 3.10. The third-order valence-electron chi connectivity index (χ3n) is 6.16. The Hall–Kier alpha value is -2.39. The van der Waals surface area contributed by atoms with E-state index in [-0.39, 0.29) is 30.5 Å². The normalized spacial score (nSPS) is 27.1. The summed E-state index contributed by atoms with van der Waals surface area (Å²) in [4.78, 5) is 19.7. The maximum Gasteiger partial charge on any atom is 0.243 e. The molecule has 2 aromatic rings. The van der Waals surface area contributed by atoms with Crippen molar-refractivity contribution in [3.05, 3.63) is 58.7 Å². The number of hydrazine groups is 2. The van der Waals surface area contributed by atoms with Gasteiger partial charge in [0.25, 0.3) is 0 Å². The van der Waals surface area contributed by atoms with E-state index in [2.05, 4.69) is 34.3 Å². The summed E-state index contributed by atoms with van der Waals surface area (Å²) >= 11 is 0. The van der Waals surface area contributed by atoms with Gasteiger partial charge in [0.15, 0.2) is 0 Å². The third-order valence-corrected chi connectivity index (χ3v) is 6.16. The van der Waals surface area contributed by atoms with Crippen molar-refractivity contribution in [3.63, 3.8) is 0 Å². The summed E-state index contributed by atoms with van der Waals surface area (Å²) in [7, 11) is 2.12. The number of rotatable bonds is 2. The lowest BCUT2D eigenvalue weighted by Gasteiger charge is -2.37. The van der Waals surface area contributed by atoms with Crippen molar-refractivity contribution in [1.82, 2.24) is 26.2 Å². The molecule has 2 fully saturated rings. The molecule has 1 aromatic carbocycles. The topological polar surface area (TPSA) is 72.5 Å². The first kappa shape index (κ1) is 18.6. The van der Waals surface area contributed by atoms with E-state index in [4.69, 9.17) is 4.98 Å². The Morgan fingerprint density at radius 3 is 2.97 bits per heavy atom. The van der Waals surface area contributed by atoms with E-state index in [1.165, 1.54) is 16.6 Å². The van der Waals surface area contributed by atoms with E-state index in [0.29, 0.717) is 5.69 Å². The highest BCUT2D eigenvalue weighted by Crippen LogP contribution is 2.32. The molecule has 0 aliphatic carbocycles. The predicted molar refractivity (Wildman–Crippen MR) is 107 cm³/mol. The van der Waals surface area contributed by atoms with Crippen molar-refractivity contribution < 1.29 is 9.18 Å². The van der Waals surface area contributed by atoms with E-state index in [1.807, 2.05) is 19.2 Å². The van der Waals surface area contributed by atoms with Gasteiger partial charge in [-0.2, -0.15) is 0 Å². The van der Waals surface area contributed by atoms with Crippen LogP contribution in [0.1, 0.15) is 34.8 Å². The number of pyridine rings is 1. The minimum atomic E-state index is -0.404. The zero-order chi connectivity index (χ0) is 20.1. The van der Waals surface area contributed by atoms with Gasteiger partial charge >= 0.3 is 0 Å². The predicted octanol–water partition coefficient (Wildman–Crippen LogP) is 1.34. The number of aryl methyl sites for hydroxylation is 1. The van der Waals surface area contributed by atoms with Crippen molar-refractivity contribution in [1.29, 1.82) is 0 Å². The molecule has 3 aliphatic rings. The Bertz CT molecular complexity index is 946. The molecule has 5 rings (SSSR count). The van der Waals surface area contributed by atoms with Gasteiger partial charge in [0.05, 0.1) is 17.8 Å². The number of benzene rings is 1. The van der Waals surface area contributed by atoms with Crippen LogP contribution in [0, 0.1) is 12.7 Å². The van der Waals surface area contributed by atoms with Crippen LogP contribution in [-0.2, 0) is 17.8 Å². The van der Waals surface area contributed by atoms with E-state index >= 15 is 0 Å². The quantitative estimate of drug-likeness (QED) is 0.712. The zero-order valence-corrected chi connectivity index (χ0v) is 16.6. The first-order chi connectivity index (χ1) is 14.0. The van der Waals surface area contributed by atoms with E-state index in [1.54, 1.807) is 6.07 Å². The molecule has 3 unspecified atom stereocenters. The van der Waals surface area contributed by atoms with E-state index in [9.17, 15) is 9.18 Å². The summed E-state index contributed by atoms with van der Waals surface area (Å²) in [6, 6.07) is 6.80. The summed E-state index contributed by atoms with van der Waals surface area (Å²) in [5.41, 5.74) is 14.3. The summed E-state index contributed by atoms with van der Waals surface area (Å²) in [5, 5.41) is 1.38. The number of fused-ring (bicyclic) bond motifs is 2. The number of halogens is 1. The van der Waals surface area contributed by atoms with Gasteiger partial charge in [0.2, 0.25) is 5.91 Å². The molecule has 152 valence electrons. The number of aromatic nitrogens is 1. The van der Waals surface area contributed by atoms with Gasteiger partial charge < -0.3 is 4.90 Å². The van der Waals surface area contributed by atoms with Gasteiger partial charge in [0, 0.05) is 43.9 Å². The molecule has 0 radical (unpaired) electrons. The molecule has 2 saturated heterocycles. The van der Waals surface area contributed by atoms with Crippen molar-refractivity contribution in [2.24, 2.45) is 0 Å². The number of nitrogens with one attached hydrogen (secondary N) is 3. The van der Waals surface area contributed by atoms with Gasteiger partial charge in [-0.15, -0.1) is 0 Å². The minimum absolute atomic E-state index is 0.0745. The number of para-hydroxylation sites is 1. The van der Waals surface area contributed by atoms with Crippen molar-refractivity contribution in [3.8, 4) is 0 Å². The van der Waals surface area contributed by atoms with Crippen molar-refractivity contribution >= 4 is 11.6 Å². The van der Waals surface area contributed by atoms with E-state index in [0.717, 1.165) is 36.3 Å². The first-order valence-electron chi connectivity index (χ1n) is 10.0. The molecule has 7 nitrogen and oxygen atoms in total. The van der Waals surface area contributed by atoms with Crippen LogP contribution in [0.3, 0.4) is 0 Å². The number of amides is 1. The van der Waals surface area contributed by atoms with Crippen LogP contribution in [0.5, 0.6) is 0 Å². The maximum atomic E-state index is 14.5. The van der Waals surface area contributed by atoms with Crippen LogP contribution >= 0.6 is 0 Å². The van der Waals surface area contributed by atoms with Gasteiger partial charge in [-0.05, 0) is 42.8 Å². The lowest BCUT2D eigenvalue weighted by Crippen LogP contribution is -2.60. The third kappa shape index (κ3) is 3.22. The van der Waals surface area contributed by atoms with Crippen LogP contribution in [-0.4, -0.2) is 41.5 Å². The van der Waals surface area contributed by atoms with Gasteiger partial charge in [-0.3, -0.25) is 15.2 Å². The largest absolute Gasteiger partial charge is 0.302 e. The number of carbonyl (C=O) groups is 1. The fourth-order valence-electron chi connectivity index (χ4n) is 4.59. The van der Waals surface area contributed by atoms with E-state index < -0.39 is 5.82 Å². The van der Waals surface area contributed by atoms with Crippen LogP contribution in [0.2, 0.25) is 0 Å². The number of nitrogens with zero attached hydrogens (tertiary/aromatic N) is 3. The molecule has 29 heavy (non-hydrogen) atoms. The van der Waals surface area contributed by atoms with Crippen LogP contribution in [0.25, 0.3) is 0 Å². The van der Waals surface area contributed by atoms with Gasteiger partial charge in [-0.1, -0.05) is 12.1 Å². The van der Waals surface area contributed by atoms with Crippen LogP contribution in [0.4, 0.5) is 10.1 Å². The van der Waals surface area contributed by atoms with Crippen molar-refractivity contribution in [2.45, 2.75) is 44.4 Å². The molecular weight excluding hydrogens is 371 g/mol. The highest BCUT2D eigenvalue weighted by Gasteiger charge is 2.44. The molecule has 3 aliphatic heterocycles. The smallest absolute Gasteiger partial charge is 0.243 e. The number of anilines is 1. The highest BCUT2D eigenvalue weighted by molar-refractivity contribution is 5.94. The summed E-state index contributed by atoms with van der Waals surface area (Å²) in [6.07, 6.45) is 3.17. The molecule has 3 atom stereocenters. The fourth-order valence-corrected chi connectivity index (χ4v) is 4.59.